The van der Waals surface area contributed by atoms with Gasteiger partial charge in [-0.25, -0.2) is 9.37 Å². The van der Waals surface area contributed by atoms with Gasteiger partial charge in [0.1, 0.15) is 11.6 Å². The molecule has 1 aromatic heterocycles. The number of aromatic nitrogens is 2. The van der Waals surface area contributed by atoms with Gasteiger partial charge in [-0.1, -0.05) is 0 Å². The molecule has 4 heteroatoms. The summed E-state index contributed by atoms with van der Waals surface area (Å²) in [6, 6.07) is 4.77. The number of aromatic amines is 1. The average Bonchev–Trinajstić information content (AvgIpc) is 2.42. The number of rotatable bonds is 1. The Morgan fingerprint density at radius 2 is 2.05 bits per heavy atom. The zero-order valence-corrected chi connectivity index (χ0v) is 10.8. The van der Waals surface area contributed by atoms with Crippen molar-refractivity contribution < 1.29 is 4.39 Å². The molecule has 3 nitrogen and oxygen atoms in total. The van der Waals surface area contributed by atoms with Crippen LogP contribution in [0.4, 0.5) is 4.39 Å². The van der Waals surface area contributed by atoms with E-state index in [9.17, 15) is 9.18 Å². The summed E-state index contributed by atoms with van der Waals surface area (Å²) >= 11 is 0. The summed E-state index contributed by atoms with van der Waals surface area (Å²) < 4.78 is 13.3. The quantitative estimate of drug-likeness (QED) is 0.854. The molecule has 0 fully saturated rings. The van der Waals surface area contributed by atoms with Crippen molar-refractivity contribution in [1.82, 2.24) is 9.97 Å². The zero-order chi connectivity index (χ0) is 13.4. The summed E-state index contributed by atoms with van der Waals surface area (Å²) in [5.74, 6) is 0.290. The Morgan fingerprint density at radius 1 is 1.26 bits per heavy atom. The number of benzene rings is 1. The van der Waals surface area contributed by atoms with Crippen LogP contribution in [0.15, 0.2) is 23.0 Å². The van der Waals surface area contributed by atoms with E-state index in [0.717, 1.165) is 42.5 Å². The van der Waals surface area contributed by atoms with E-state index in [1.54, 1.807) is 19.1 Å². The third-order valence-corrected chi connectivity index (χ3v) is 3.62. The summed E-state index contributed by atoms with van der Waals surface area (Å²) in [6.45, 7) is 1.70. The van der Waals surface area contributed by atoms with E-state index in [1.165, 1.54) is 6.07 Å². The van der Waals surface area contributed by atoms with E-state index in [1.807, 2.05) is 0 Å². The second kappa shape index (κ2) is 4.61. The molecule has 2 aromatic rings. The van der Waals surface area contributed by atoms with Crippen LogP contribution in [0, 0.1) is 12.7 Å². The van der Waals surface area contributed by atoms with Gasteiger partial charge in [-0.2, -0.15) is 0 Å². The monoisotopic (exact) mass is 258 g/mol. The minimum atomic E-state index is -0.246. The molecule has 0 unspecified atom stereocenters. The van der Waals surface area contributed by atoms with Crippen LogP contribution in [0.5, 0.6) is 0 Å². The summed E-state index contributed by atoms with van der Waals surface area (Å²) in [5, 5.41) is 0. The highest BCUT2D eigenvalue weighted by Gasteiger charge is 2.16. The SMILES string of the molecule is Cc1cc(-c2nc3c(c(=O)[nH]2)CCCC3)ccc1F. The number of hydrogen-bond donors (Lipinski definition) is 1. The molecule has 98 valence electrons. The Hall–Kier alpha value is -1.97. The molecule has 0 atom stereocenters. The number of H-pyrrole nitrogens is 1. The molecule has 0 aliphatic heterocycles. The van der Waals surface area contributed by atoms with Crippen molar-refractivity contribution in [3.63, 3.8) is 0 Å². The Morgan fingerprint density at radius 3 is 2.84 bits per heavy atom. The highest BCUT2D eigenvalue weighted by molar-refractivity contribution is 5.56. The normalized spacial score (nSPS) is 14.2. The lowest BCUT2D eigenvalue weighted by Gasteiger charge is -2.14. The van der Waals surface area contributed by atoms with Gasteiger partial charge in [0.05, 0.1) is 5.69 Å². The minimum Gasteiger partial charge on any atom is -0.306 e. The predicted octanol–water partition coefficient (Wildman–Crippen LogP) is 2.76. The van der Waals surface area contributed by atoms with Crippen molar-refractivity contribution in [3.8, 4) is 11.4 Å². The Labute approximate surface area is 110 Å². The molecular formula is C15H15FN2O. The molecule has 19 heavy (non-hydrogen) atoms. The van der Waals surface area contributed by atoms with Crippen LogP contribution < -0.4 is 5.56 Å². The molecule has 1 N–H and O–H groups in total. The standard InChI is InChI=1S/C15H15FN2O/c1-9-8-10(6-7-12(9)16)14-17-13-5-3-2-4-11(13)15(19)18-14/h6-8H,2-5H2,1H3,(H,17,18,19). The molecule has 0 saturated heterocycles. The zero-order valence-electron chi connectivity index (χ0n) is 10.8. The van der Waals surface area contributed by atoms with Crippen LogP contribution in [0.3, 0.4) is 0 Å². The molecular weight excluding hydrogens is 243 g/mol. The number of nitrogens with one attached hydrogen (secondary N) is 1. The first kappa shape index (κ1) is 12.1. The lowest BCUT2D eigenvalue weighted by molar-refractivity contribution is 0.618. The smallest absolute Gasteiger partial charge is 0.254 e. The number of halogens is 1. The van der Waals surface area contributed by atoms with Crippen molar-refractivity contribution in [3.05, 3.63) is 51.2 Å². The maximum absolute atomic E-state index is 13.3. The molecule has 1 aliphatic carbocycles. The van der Waals surface area contributed by atoms with Crippen molar-refractivity contribution in [1.29, 1.82) is 0 Å². The van der Waals surface area contributed by atoms with Gasteiger partial charge in [-0.3, -0.25) is 4.79 Å². The van der Waals surface area contributed by atoms with Gasteiger partial charge in [-0.15, -0.1) is 0 Å². The van der Waals surface area contributed by atoms with Crippen LogP contribution in [-0.2, 0) is 12.8 Å². The highest BCUT2D eigenvalue weighted by Crippen LogP contribution is 2.21. The maximum atomic E-state index is 13.3. The third-order valence-electron chi connectivity index (χ3n) is 3.62. The van der Waals surface area contributed by atoms with E-state index >= 15 is 0 Å². The van der Waals surface area contributed by atoms with E-state index in [2.05, 4.69) is 9.97 Å². The van der Waals surface area contributed by atoms with E-state index in [0.29, 0.717) is 11.4 Å². The summed E-state index contributed by atoms with van der Waals surface area (Å²) in [6.07, 6.45) is 3.78. The molecule has 1 aromatic carbocycles. The van der Waals surface area contributed by atoms with E-state index < -0.39 is 0 Å². The Kier molecular flexibility index (Phi) is 2.93. The van der Waals surface area contributed by atoms with Crippen molar-refractivity contribution in [2.24, 2.45) is 0 Å². The maximum Gasteiger partial charge on any atom is 0.254 e. The first-order chi connectivity index (χ1) is 9.15. The van der Waals surface area contributed by atoms with Gasteiger partial charge in [0.25, 0.3) is 5.56 Å². The van der Waals surface area contributed by atoms with Gasteiger partial charge in [0.2, 0.25) is 0 Å². The second-order valence-electron chi connectivity index (χ2n) is 5.01. The fourth-order valence-electron chi connectivity index (χ4n) is 2.53. The average molecular weight is 258 g/mol. The van der Waals surface area contributed by atoms with Gasteiger partial charge < -0.3 is 4.98 Å². The molecule has 0 radical (unpaired) electrons. The fourth-order valence-corrected chi connectivity index (χ4v) is 2.53. The molecule has 3 rings (SSSR count). The molecule has 0 saturated carbocycles. The second-order valence-corrected chi connectivity index (χ2v) is 5.01. The van der Waals surface area contributed by atoms with Crippen LogP contribution in [0.1, 0.15) is 29.7 Å². The van der Waals surface area contributed by atoms with Gasteiger partial charge in [0, 0.05) is 11.1 Å². The molecule has 0 bridgehead atoms. The summed E-state index contributed by atoms with van der Waals surface area (Å²) in [5.41, 5.74) is 2.96. The first-order valence-corrected chi connectivity index (χ1v) is 6.54. The Balaban J connectivity index is 2.12. The van der Waals surface area contributed by atoms with Crippen LogP contribution in [-0.4, -0.2) is 9.97 Å². The predicted molar refractivity (Wildman–Crippen MR) is 71.6 cm³/mol. The summed E-state index contributed by atoms with van der Waals surface area (Å²) in [7, 11) is 0. The lowest BCUT2D eigenvalue weighted by atomic mass is 9.97. The molecule has 1 heterocycles. The number of nitrogens with zero attached hydrogens (tertiary/aromatic N) is 1. The minimum absolute atomic E-state index is 0.0540. The van der Waals surface area contributed by atoms with Gasteiger partial charge in [-0.05, 0) is 56.4 Å². The fraction of sp³-hybridized carbons (Fsp3) is 0.333. The van der Waals surface area contributed by atoms with Gasteiger partial charge in [0.15, 0.2) is 0 Å². The largest absolute Gasteiger partial charge is 0.306 e. The number of hydrogen-bond acceptors (Lipinski definition) is 2. The molecule has 0 spiro atoms. The topological polar surface area (TPSA) is 45.8 Å². The van der Waals surface area contributed by atoms with Crippen molar-refractivity contribution >= 4 is 0 Å². The third kappa shape index (κ3) is 2.18. The number of fused-ring (bicyclic) bond motifs is 1. The first-order valence-electron chi connectivity index (χ1n) is 6.54. The Bertz CT molecular complexity index is 691. The van der Waals surface area contributed by atoms with Crippen molar-refractivity contribution in [2.75, 3.05) is 0 Å². The van der Waals surface area contributed by atoms with Crippen LogP contribution >= 0.6 is 0 Å². The van der Waals surface area contributed by atoms with Gasteiger partial charge >= 0.3 is 0 Å². The lowest BCUT2D eigenvalue weighted by Crippen LogP contribution is -2.21. The summed E-state index contributed by atoms with van der Waals surface area (Å²) in [4.78, 5) is 19.4. The highest BCUT2D eigenvalue weighted by atomic mass is 19.1. The van der Waals surface area contributed by atoms with E-state index in [4.69, 9.17) is 0 Å². The number of aryl methyl sites for hydroxylation is 2. The van der Waals surface area contributed by atoms with Crippen molar-refractivity contribution in [2.45, 2.75) is 32.6 Å². The molecule has 0 amide bonds. The molecule has 1 aliphatic rings. The van der Waals surface area contributed by atoms with E-state index in [-0.39, 0.29) is 11.4 Å². The van der Waals surface area contributed by atoms with Crippen LogP contribution in [0.2, 0.25) is 0 Å². The van der Waals surface area contributed by atoms with Crippen LogP contribution in [0.25, 0.3) is 11.4 Å².